The van der Waals surface area contributed by atoms with Crippen molar-refractivity contribution in [3.63, 3.8) is 0 Å². The number of nitrogens with zero attached hydrogens (tertiary/aromatic N) is 5. The number of hydrogen-bond donors (Lipinski definition) is 1. The smallest absolute Gasteiger partial charge is 0.168 e. The number of anilines is 2. The van der Waals surface area contributed by atoms with Crippen LogP contribution in [0.2, 0.25) is 0 Å². The summed E-state index contributed by atoms with van der Waals surface area (Å²) in [6.07, 6.45) is 3.66. The highest BCUT2D eigenvalue weighted by Gasteiger charge is 2.15. The van der Waals surface area contributed by atoms with Crippen LogP contribution in [0.4, 0.5) is 11.5 Å². The fraction of sp³-hybridized carbons (Fsp3) is 0.292. The Morgan fingerprint density at radius 2 is 1.67 bits per heavy atom. The van der Waals surface area contributed by atoms with Crippen molar-refractivity contribution in [2.45, 2.75) is 26.7 Å². The number of rotatable bonds is 7. The average Bonchev–Trinajstić information content (AvgIpc) is 3.15. The van der Waals surface area contributed by atoms with E-state index in [0.717, 1.165) is 53.4 Å². The number of para-hydroxylation sites is 2. The molecule has 4 aromatic rings. The maximum atomic E-state index is 4.89. The minimum absolute atomic E-state index is 0.805. The van der Waals surface area contributed by atoms with E-state index >= 15 is 0 Å². The van der Waals surface area contributed by atoms with Crippen molar-refractivity contribution in [2.24, 2.45) is 0 Å². The Bertz CT molecular complexity index is 1130. The van der Waals surface area contributed by atoms with Crippen LogP contribution in [-0.4, -0.2) is 45.3 Å². The molecule has 0 aliphatic heterocycles. The first kappa shape index (κ1) is 20.0. The molecule has 0 atom stereocenters. The molecule has 0 saturated carbocycles. The number of benzene rings is 2. The van der Waals surface area contributed by atoms with Crippen LogP contribution in [0.1, 0.15) is 23.4 Å². The third kappa shape index (κ3) is 4.19. The maximum Gasteiger partial charge on any atom is 0.168 e. The standard InChI is InChI=1S/C24H28N6/c1-17-10-8-11-18(2)22(17)28-23-20-16-25-30(19-12-6-5-7-13-19)24(20)27-21(26-23)14-9-15-29(3)4/h5-8,10-13,16H,9,14-15H2,1-4H3,(H,26,27,28). The van der Waals surface area contributed by atoms with Crippen molar-refractivity contribution >= 4 is 22.5 Å². The van der Waals surface area contributed by atoms with Gasteiger partial charge in [0, 0.05) is 12.1 Å². The Labute approximate surface area is 177 Å². The molecule has 4 rings (SSSR count). The van der Waals surface area contributed by atoms with Gasteiger partial charge in [-0.1, -0.05) is 36.4 Å². The van der Waals surface area contributed by atoms with E-state index in [1.165, 1.54) is 11.1 Å². The quantitative estimate of drug-likeness (QED) is 0.488. The number of aryl methyl sites for hydroxylation is 3. The van der Waals surface area contributed by atoms with Crippen LogP contribution in [0, 0.1) is 13.8 Å². The first-order chi connectivity index (χ1) is 14.5. The molecule has 0 spiro atoms. The van der Waals surface area contributed by atoms with Gasteiger partial charge in [0.25, 0.3) is 0 Å². The second-order valence-electron chi connectivity index (χ2n) is 7.92. The second-order valence-corrected chi connectivity index (χ2v) is 7.92. The minimum atomic E-state index is 0.805. The molecule has 0 fully saturated rings. The van der Waals surface area contributed by atoms with Gasteiger partial charge in [-0.3, -0.25) is 0 Å². The molecule has 1 N–H and O–H groups in total. The van der Waals surface area contributed by atoms with Gasteiger partial charge in [0.15, 0.2) is 5.65 Å². The van der Waals surface area contributed by atoms with Gasteiger partial charge < -0.3 is 10.2 Å². The van der Waals surface area contributed by atoms with Crippen molar-refractivity contribution in [1.29, 1.82) is 0 Å². The molecule has 154 valence electrons. The van der Waals surface area contributed by atoms with Crippen molar-refractivity contribution < 1.29 is 0 Å². The molecule has 30 heavy (non-hydrogen) atoms. The van der Waals surface area contributed by atoms with Crippen LogP contribution >= 0.6 is 0 Å². The Kier molecular flexibility index (Phi) is 5.77. The van der Waals surface area contributed by atoms with Crippen molar-refractivity contribution in [1.82, 2.24) is 24.6 Å². The molecule has 0 saturated heterocycles. The number of hydrogen-bond acceptors (Lipinski definition) is 5. The zero-order valence-corrected chi connectivity index (χ0v) is 18.1. The third-order valence-electron chi connectivity index (χ3n) is 5.21. The Hall–Kier alpha value is -3.25. The van der Waals surface area contributed by atoms with Crippen LogP contribution in [0.5, 0.6) is 0 Å². The molecule has 0 radical (unpaired) electrons. The van der Waals surface area contributed by atoms with E-state index in [4.69, 9.17) is 9.97 Å². The Morgan fingerprint density at radius 1 is 0.933 bits per heavy atom. The summed E-state index contributed by atoms with van der Waals surface area (Å²) in [5.41, 5.74) is 5.27. The predicted octanol–water partition coefficient (Wildman–Crippen LogP) is 4.67. The molecule has 0 aliphatic carbocycles. The zero-order chi connectivity index (χ0) is 21.1. The Balaban J connectivity index is 1.80. The molecule has 0 unspecified atom stereocenters. The first-order valence-electron chi connectivity index (χ1n) is 10.3. The van der Waals surface area contributed by atoms with E-state index in [0.29, 0.717) is 0 Å². The molecule has 0 amide bonds. The molecular weight excluding hydrogens is 372 g/mol. The molecule has 0 aliphatic rings. The van der Waals surface area contributed by atoms with E-state index in [2.05, 4.69) is 61.5 Å². The van der Waals surface area contributed by atoms with Gasteiger partial charge in [-0.25, -0.2) is 14.6 Å². The molecule has 2 heterocycles. The van der Waals surface area contributed by atoms with Crippen LogP contribution in [0.3, 0.4) is 0 Å². The molecule has 6 heteroatoms. The van der Waals surface area contributed by atoms with Crippen LogP contribution in [-0.2, 0) is 6.42 Å². The van der Waals surface area contributed by atoms with Crippen molar-refractivity contribution in [3.8, 4) is 5.69 Å². The topological polar surface area (TPSA) is 58.9 Å². The summed E-state index contributed by atoms with van der Waals surface area (Å²) in [7, 11) is 4.17. The predicted molar refractivity (Wildman–Crippen MR) is 123 cm³/mol. The minimum Gasteiger partial charge on any atom is -0.339 e. The van der Waals surface area contributed by atoms with Crippen LogP contribution < -0.4 is 5.32 Å². The van der Waals surface area contributed by atoms with Crippen LogP contribution in [0.15, 0.2) is 54.7 Å². The summed E-state index contributed by atoms with van der Waals surface area (Å²) in [6, 6.07) is 16.4. The highest BCUT2D eigenvalue weighted by molar-refractivity contribution is 5.90. The molecule has 6 nitrogen and oxygen atoms in total. The Morgan fingerprint density at radius 3 is 2.37 bits per heavy atom. The summed E-state index contributed by atoms with van der Waals surface area (Å²) < 4.78 is 1.89. The lowest BCUT2D eigenvalue weighted by Gasteiger charge is -2.14. The van der Waals surface area contributed by atoms with Gasteiger partial charge in [0.2, 0.25) is 0 Å². The average molecular weight is 401 g/mol. The summed E-state index contributed by atoms with van der Waals surface area (Å²) >= 11 is 0. The second kappa shape index (κ2) is 8.63. The number of aromatic nitrogens is 4. The molecule has 2 aromatic carbocycles. The lowest BCUT2D eigenvalue weighted by molar-refractivity contribution is 0.398. The van der Waals surface area contributed by atoms with Crippen molar-refractivity contribution in [2.75, 3.05) is 26.0 Å². The summed E-state index contributed by atoms with van der Waals surface area (Å²) in [5.74, 6) is 1.63. The zero-order valence-electron chi connectivity index (χ0n) is 18.1. The van der Waals surface area contributed by atoms with Gasteiger partial charge in [-0.05, 0) is 64.2 Å². The third-order valence-corrected chi connectivity index (χ3v) is 5.21. The lowest BCUT2D eigenvalue weighted by Crippen LogP contribution is -2.14. The largest absolute Gasteiger partial charge is 0.339 e. The fourth-order valence-electron chi connectivity index (χ4n) is 3.60. The van der Waals surface area contributed by atoms with Crippen molar-refractivity contribution in [3.05, 3.63) is 71.7 Å². The molecular formula is C24H28N6. The van der Waals surface area contributed by atoms with E-state index < -0.39 is 0 Å². The van der Waals surface area contributed by atoms with Gasteiger partial charge in [-0.15, -0.1) is 0 Å². The monoisotopic (exact) mass is 400 g/mol. The normalized spacial score (nSPS) is 11.4. The molecule has 0 bridgehead atoms. The van der Waals surface area contributed by atoms with Crippen LogP contribution in [0.25, 0.3) is 16.7 Å². The summed E-state index contributed by atoms with van der Waals surface area (Å²) in [5, 5.41) is 9.12. The highest BCUT2D eigenvalue weighted by Crippen LogP contribution is 2.29. The van der Waals surface area contributed by atoms with Gasteiger partial charge in [0.1, 0.15) is 11.6 Å². The van der Waals surface area contributed by atoms with E-state index in [1.54, 1.807) is 0 Å². The summed E-state index contributed by atoms with van der Waals surface area (Å²) in [6.45, 7) is 5.22. The summed E-state index contributed by atoms with van der Waals surface area (Å²) in [4.78, 5) is 12.0. The maximum absolute atomic E-state index is 4.89. The first-order valence-corrected chi connectivity index (χ1v) is 10.3. The lowest BCUT2D eigenvalue weighted by atomic mass is 10.1. The van der Waals surface area contributed by atoms with Gasteiger partial charge >= 0.3 is 0 Å². The van der Waals surface area contributed by atoms with Gasteiger partial charge in [-0.2, -0.15) is 5.10 Å². The highest BCUT2D eigenvalue weighted by atomic mass is 15.3. The fourth-order valence-corrected chi connectivity index (χ4v) is 3.60. The van der Waals surface area contributed by atoms with E-state index in [1.807, 2.05) is 41.2 Å². The molecule has 2 aromatic heterocycles. The van der Waals surface area contributed by atoms with E-state index in [9.17, 15) is 0 Å². The SMILES string of the molecule is Cc1cccc(C)c1Nc1nc(CCCN(C)C)nc2c1cnn2-c1ccccc1. The van der Waals surface area contributed by atoms with Gasteiger partial charge in [0.05, 0.1) is 17.3 Å². The number of fused-ring (bicyclic) bond motifs is 1. The number of nitrogens with one attached hydrogen (secondary N) is 1. The van der Waals surface area contributed by atoms with E-state index in [-0.39, 0.29) is 0 Å².